The third kappa shape index (κ3) is 3.83. The largest absolute Gasteiger partial charge is 0.467 e. The van der Waals surface area contributed by atoms with E-state index in [4.69, 9.17) is 5.73 Å². The van der Waals surface area contributed by atoms with Crippen LogP contribution in [0.5, 0.6) is 0 Å². The molecule has 94 valence electrons. The number of carbonyl (C=O) groups is 2. The molecule has 3 N–H and O–H groups in total. The van der Waals surface area contributed by atoms with Gasteiger partial charge in [-0.2, -0.15) is 0 Å². The van der Waals surface area contributed by atoms with Crippen LogP contribution in [0.15, 0.2) is 6.20 Å². The van der Waals surface area contributed by atoms with Crippen molar-refractivity contribution in [2.45, 2.75) is 26.1 Å². The molecule has 0 bridgehead atoms. The molecule has 8 heteroatoms. The van der Waals surface area contributed by atoms with E-state index in [-0.39, 0.29) is 19.0 Å². The van der Waals surface area contributed by atoms with Crippen LogP contribution < -0.4 is 11.1 Å². The van der Waals surface area contributed by atoms with Crippen LogP contribution in [-0.4, -0.2) is 40.0 Å². The lowest BCUT2D eigenvalue weighted by atomic mass is 10.3. The Morgan fingerprint density at radius 3 is 2.88 bits per heavy atom. The Labute approximate surface area is 98.1 Å². The highest BCUT2D eigenvalue weighted by molar-refractivity contribution is 5.83. The summed E-state index contributed by atoms with van der Waals surface area (Å²) in [5.74, 6) is -0.851. The second-order valence-corrected chi connectivity index (χ2v) is 3.42. The van der Waals surface area contributed by atoms with Crippen LogP contribution in [0.25, 0.3) is 0 Å². The number of nitrogens with one attached hydrogen (secondary N) is 1. The lowest BCUT2D eigenvalue weighted by molar-refractivity contribution is -0.144. The molecule has 0 fully saturated rings. The van der Waals surface area contributed by atoms with Crippen molar-refractivity contribution in [3.63, 3.8) is 0 Å². The quantitative estimate of drug-likeness (QED) is 0.601. The smallest absolute Gasteiger partial charge is 0.328 e. The number of hydrogen-bond donors (Lipinski definition) is 2. The number of esters is 1. The molecule has 0 spiro atoms. The van der Waals surface area contributed by atoms with Gasteiger partial charge in [-0.1, -0.05) is 5.21 Å². The fraction of sp³-hybridized carbons (Fsp3) is 0.556. The van der Waals surface area contributed by atoms with Crippen molar-refractivity contribution in [2.75, 3.05) is 7.11 Å². The van der Waals surface area contributed by atoms with Crippen LogP contribution in [0.1, 0.15) is 12.6 Å². The van der Waals surface area contributed by atoms with E-state index in [1.165, 1.54) is 18.7 Å². The number of rotatable bonds is 5. The van der Waals surface area contributed by atoms with Crippen LogP contribution in [0.3, 0.4) is 0 Å². The summed E-state index contributed by atoms with van der Waals surface area (Å²) in [5, 5.41) is 9.92. The van der Waals surface area contributed by atoms with E-state index in [2.05, 4.69) is 20.4 Å². The van der Waals surface area contributed by atoms with Gasteiger partial charge in [0.2, 0.25) is 5.91 Å². The average molecular weight is 241 g/mol. The third-order valence-corrected chi connectivity index (χ3v) is 2.03. The summed E-state index contributed by atoms with van der Waals surface area (Å²) in [6, 6.07) is -0.690. The minimum absolute atomic E-state index is 0.0195. The predicted octanol–water partition coefficient (Wildman–Crippen LogP) is -1.59. The Hall–Kier alpha value is -1.96. The Morgan fingerprint density at radius 1 is 1.65 bits per heavy atom. The first-order valence-electron chi connectivity index (χ1n) is 5.03. The lowest BCUT2D eigenvalue weighted by Gasteiger charge is -2.10. The fourth-order valence-electron chi connectivity index (χ4n) is 1.18. The first-order chi connectivity index (χ1) is 8.06. The molecule has 1 atom stereocenters. The Kier molecular flexibility index (Phi) is 4.58. The standard InChI is InChI=1S/C9H15N5O3/c1-6(9(16)17-2)11-8(15)5-14-4-7(3-10)12-13-14/h4,6H,3,5,10H2,1-2H3,(H,11,15)/t6-/m0/s1. The van der Waals surface area contributed by atoms with Crippen LogP contribution in [0, 0.1) is 0 Å². The van der Waals surface area contributed by atoms with Gasteiger partial charge in [0.1, 0.15) is 12.6 Å². The molecular formula is C9H15N5O3. The highest BCUT2D eigenvalue weighted by Crippen LogP contribution is 1.92. The summed E-state index contributed by atoms with van der Waals surface area (Å²) in [4.78, 5) is 22.6. The second kappa shape index (κ2) is 5.94. The zero-order valence-corrected chi connectivity index (χ0v) is 9.71. The van der Waals surface area contributed by atoms with Crippen molar-refractivity contribution in [3.8, 4) is 0 Å². The van der Waals surface area contributed by atoms with Gasteiger partial charge < -0.3 is 15.8 Å². The van der Waals surface area contributed by atoms with Crippen molar-refractivity contribution in [1.29, 1.82) is 0 Å². The molecule has 1 aromatic rings. The van der Waals surface area contributed by atoms with Gasteiger partial charge in [-0.25, -0.2) is 9.48 Å². The third-order valence-electron chi connectivity index (χ3n) is 2.03. The van der Waals surface area contributed by atoms with E-state index in [1.807, 2.05) is 0 Å². The molecule has 0 aliphatic heterocycles. The number of ether oxygens (including phenoxy) is 1. The molecule has 1 aromatic heterocycles. The number of amides is 1. The maximum absolute atomic E-state index is 11.5. The number of nitrogens with zero attached hydrogens (tertiary/aromatic N) is 3. The topological polar surface area (TPSA) is 112 Å². The molecular weight excluding hydrogens is 226 g/mol. The molecule has 0 aromatic carbocycles. The normalized spacial score (nSPS) is 11.9. The summed E-state index contributed by atoms with van der Waals surface area (Å²) in [7, 11) is 1.26. The van der Waals surface area contributed by atoms with Crippen molar-refractivity contribution in [2.24, 2.45) is 5.73 Å². The fourth-order valence-corrected chi connectivity index (χ4v) is 1.18. The minimum Gasteiger partial charge on any atom is -0.467 e. The number of carbonyl (C=O) groups excluding carboxylic acids is 2. The molecule has 8 nitrogen and oxygen atoms in total. The summed E-state index contributed by atoms with van der Waals surface area (Å²) in [5.41, 5.74) is 5.95. The highest BCUT2D eigenvalue weighted by Gasteiger charge is 2.16. The van der Waals surface area contributed by atoms with Crippen molar-refractivity contribution in [3.05, 3.63) is 11.9 Å². The molecule has 0 saturated carbocycles. The molecule has 0 radical (unpaired) electrons. The predicted molar refractivity (Wildman–Crippen MR) is 57.5 cm³/mol. The van der Waals surface area contributed by atoms with Gasteiger partial charge in [0.25, 0.3) is 0 Å². The van der Waals surface area contributed by atoms with Crippen LogP contribution in [-0.2, 0) is 27.4 Å². The lowest BCUT2D eigenvalue weighted by Crippen LogP contribution is -2.40. The molecule has 17 heavy (non-hydrogen) atoms. The molecule has 1 rings (SSSR count). The molecule has 0 aliphatic carbocycles. The molecule has 0 saturated heterocycles. The van der Waals surface area contributed by atoms with Gasteiger partial charge in [0, 0.05) is 6.54 Å². The number of nitrogens with two attached hydrogens (primary N) is 1. The maximum atomic E-state index is 11.5. The zero-order chi connectivity index (χ0) is 12.8. The van der Waals surface area contributed by atoms with Gasteiger partial charge in [-0.3, -0.25) is 4.79 Å². The molecule has 1 amide bonds. The average Bonchev–Trinajstić information content (AvgIpc) is 2.75. The molecule has 1 heterocycles. The second-order valence-electron chi connectivity index (χ2n) is 3.42. The Bertz CT molecular complexity index is 403. The molecule has 0 aliphatic rings. The van der Waals surface area contributed by atoms with Gasteiger partial charge in [0.15, 0.2) is 0 Å². The van der Waals surface area contributed by atoms with Crippen LogP contribution >= 0.6 is 0 Å². The van der Waals surface area contributed by atoms with Crippen LogP contribution in [0.4, 0.5) is 0 Å². The van der Waals surface area contributed by atoms with E-state index < -0.39 is 12.0 Å². The first-order valence-corrected chi connectivity index (χ1v) is 5.03. The van der Waals surface area contributed by atoms with E-state index in [1.54, 1.807) is 6.20 Å². The van der Waals surface area contributed by atoms with Gasteiger partial charge in [0.05, 0.1) is 19.0 Å². The Morgan fingerprint density at radius 2 is 2.35 bits per heavy atom. The molecule has 0 unspecified atom stereocenters. The summed E-state index contributed by atoms with van der Waals surface area (Å²) >= 11 is 0. The number of hydrogen-bond acceptors (Lipinski definition) is 6. The van der Waals surface area contributed by atoms with Crippen molar-refractivity contribution < 1.29 is 14.3 Å². The maximum Gasteiger partial charge on any atom is 0.328 e. The van der Waals surface area contributed by atoms with E-state index in [0.717, 1.165) is 0 Å². The van der Waals surface area contributed by atoms with E-state index >= 15 is 0 Å². The minimum atomic E-state index is -0.690. The highest BCUT2D eigenvalue weighted by atomic mass is 16.5. The van der Waals surface area contributed by atoms with Gasteiger partial charge in [-0.05, 0) is 6.92 Å². The SMILES string of the molecule is COC(=O)[C@H](C)NC(=O)Cn1cc(CN)nn1. The van der Waals surface area contributed by atoms with Crippen molar-refractivity contribution in [1.82, 2.24) is 20.3 Å². The summed E-state index contributed by atoms with van der Waals surface area (Å²) in [6.45, 7) is 1.78. The summed E-state index contributed by atoms with van der Waals surface area (Å²) < 4.78 is 5.83. The number of aromatic nitrogens is 3. The zero-order valence-electron chi connectivity index (χ0n) is 9.71. The number of methoxy groups -OCH3 is 1. The first kappa shape index (κ1) is 13.1. The van der Waals surface area contributed by atoms with Gasteiger partial charge in [-0.15, -0.1) is 5.10 Å². The van der Waals surface area contributed by atoms with E-state index in [9.17, 15) is 9.59 Å². The van der Waals surface area contributed by atoms with Gasteiger partial charge >= 0.3 is 5.97 Å². The van der Waals surface area contributed by atoms with Crippen LogP contribution in [0.2, 0.25) is 0 Å². The monoisotopic (exact) mass is 241 g/mol. The van der Waals surface area contributed by atoms with E-state index in [0.29, 0.717) is 5.69 Å². The Balaban J connectivity index is 2.46. The van der Waals surface area contributed by atoms with Crippen molar-refractivity contribution >= 4 is 11.9 Å². The summed E-state index contributed by atoms with van der Waals surface area (Å²) in [6.07, 6.45) is 1.57.